The first-order valence-electron chi connectivity index (χ1n) is 7.12. The van der Waals surface area contributed by atoms with Gasteiger partial charge in [-0.1, -0.05) is 20.3 Å². The van der Waals surface area contributed by atoms with E-state index in [4.69, 9.17) is 4.42 Å². The van der Waals surface area contributed by atoms with Crippen molar-refractivity contribution in [2.45, 2.75) is 72.4 Å². The van der Waals surface area contributed by atoms with E-state index in [1.807, 2.05) is 13.8 Å². The molecule has 0 saturated heterocycles. The van der Waals surface area contributed by atoms with Crippen LogP contribution in [-0.2, 0) is 6.54 Å². The number of nitrogens with zero attached hydrogens (tertiary/aromatic N) is 1. The number of oxazole rings is 1. The summed E-state index contributed by atoms with van der Waals surface area (Å²) in [6, 6.07) is 0.624. The van der Waals surface area contributed by atoms with E-state index in [0.717, 1.165) is 23.9 Å². The quantitative estimate of drug-likeness (QED) is 0.830. The number of nitrogens with one attached hydrogen (secondary N) is 1. The van der Waals surface area contributed by atoms with Crippen LogP contribution >= 0.6 is 0 Å². The van der Waals surface area contributed by atoms with Gasteiger partial charge in [0, 0.05) is 6.04 Å². The van der Waals surface area contributed by atoms with Crippen molar-refractivity contribution in [2.75, 3.05) is 0 Å². The fraction of sp³-hybridized carbons (Fsp3) is 0.800. The summed E-state index contributed by atoms with van der Waals surface area (Å²) < 4.78 is 5.60. The summed E-state index contributed by atoms with van der Waals surface area (Å²) in [6.45, 7) is 9.50. The zero-order valence-corrected chi connectivity index (χ0v) is 12.2. The molecule has 0 radical (unpaired) electrons. The topological polar surface area (TPSA) is 38.1 Å². The van der Waals surface area contributed by atoms with Gasteiger partial charge in [0.2, 0.25) is 5.89 Å². The maximum atomic E-state index is 5.60. The lowest BCUT2D eigenvalue weighted by molar-refractivity contribution is 0.308. The second-order valence-corrected chi connectivity index (χ2v) is 6.42. The minimum absolute atomic E-state index is 0.520. The van der Waals surface area contributed by atoms with Gasteiger partial charge >= 0.3 is 0 Å². The average molecular weight is 250 g/mol. The van der Waals surface area contributed by atoms with Gasteiger partial charge in [-0.2, -0.15) is 0 Å². The van der Waals surface area contributed by atoms with Crippen molar-refractivity contribution >= 4 is 0 Å². The third kappa shape index (κ3) is 3.58. The Morgan fingerprint density at radius 1 is 1.28 bits per heavy atom. The summed E-state index contributed by atoms with van der Waals surface area (Å²) >= 11 is 0. The van der Waals surface area contributed by atoms with Crippen LogP contribution in [0.1, 0.15) is 63.3 Å². The van der Waals surface area contributed by atoms with Gasteiger partial charge in [-0.25, -0.2) is 4.98 Å². The molecule has 1 heterocycles. The molecule has 1 aromatic rings. The van der Waals surface area contributed by atoms with Crippen LogP contribution in [0.3, 0.4) is 0 Å². The molecule has 1 N–H and O–H groups in total. The Kier molecular flexibility index (Phi) is 4.10. The van der Waals surface area contributed by atoms with Crippen LogP contribution in [0.4, 0.5) is 0 Å². The van der Waals surface area contributed by atoms with Gasteiger partial charge in [-0.05, 0) is 44.9 Å². The lowest BCUT2D eigenvalue weighted by Crippen LogP contribution is -2.28. The van der Waals surface area contributed by atoms with Crippen molar-refractivity contribution in [1.29, 1.82) is 0 Å². The molecule has 0 aromatic carbocycles. The molecule has 0 amide bonds. The largest absolute Gasteiger partial charge is 0.444 e. The van der Waals surface area contributed by atoms with Crippen LogP contribution in [0.5, 0.6) is 0 Å². The molecule has 1 unspecified atom stereocenters. The van der Waals surface area contributed by atoms with E-state index in [-0.39, 0.29) is 0 Å². The zero-order valence-electron chi connectivity index (χ0n) is 12.2. The van der Waals surface area contributed by atoms with Crippen LogP contribution in [0, 0.1) is 19.3 Å². The molecule has 1 fully saturated rings. The molecular weight excluding hydrogens is 224 g/mol. The van der Waals surface area contributed by atoms with Gasteiger partial charge in [0.25, 0.3) is 0 Å². The summed E-state index contributed by atoms with van der Waals surface area (Å²) in [5.74, 6) is 1.77. The first-order chi connectivity index (χ1) is 8.46. The number of hydrogen-bond donors (Lipinski definition) is 1. The van der Waals surface area contributed by atoms with Gasteiger partial charge < -0.3 is 9.73 Å². The molecule has 1 atom stereocenters. The van der Waals surface area contributed by atoms with Gasteiger partial charge in [0.15, 0.2) is 0 Å². The van der Waals surface area contributed by atoms with Crippen molar-refractivity contribution in [3.63, 3.8) is 0 Å². The lowest BCUT2D eigenvalue weighted by Gasteiger charge is -2.22. The van der Waals surface area contributed by atoms with E-state index >= 15 is 0 Å². The average Bonchev–Trinajstić information content (AvgIpc) is 2.51. The second kappa shape index (κ2) is 5.43. The molecule has 2 rings (SSSR count). The first-order valence-corrected chi connectivity index (χ1v) is 7.12. The maximum Gasteiger partial charge on any atom is 0.208 e. The second-order valence-electron chi connectivity index (χ2n) is 6.42. The predicted molar refractivity (Wildman–Crippen MR) is 73.5 cm³/mol. The van der Waals surface area contributed by atoms with Crippen LogP contribution in [0.2, 0.25) is 0 Å². The van der Waals surface area contributed by atoms with Crippen molar-refractivity contribution in [2.24, 2.45) is 5.41 Å². The molecule has 1 aliphatic carbocycles. The molecule has 0 spiro atoms. The van der Waals surface area contributed by atoms with Crippen LogP contribution in [0.15, 0.2) is 4.42 Å². The molecule has 0 aliphatic heterocycles. The highest BCUT2D eigenvalue weighted by atomic mass is 16.4. The van der Waals surface area contributed by atoms with E-state index in [9.17, 15) is 0 Å². The van der Waals surface area contributed by atoms with E-state index in [0.29, 0.717) is 11.5 Å². The van der Waals surface area contributed by atoms with Crippen LogP contribution in [-0.4, -0.2) is 11.0 Å². The molecule has 18 heavy (non-hydrogen) atoms. The standard InChI is InChI=1S/C15H26N2O/c1-11-12(2)18-14(17-11)10-16-13-6-5-8-15(3,4)9-7-13/h13,16H,5-10H2,1-4H3. The summed E-state index contributed by atoms with van der Waals surface area (Å²) in [7, 11) is 0. The van der Waals surface area contributed by atoms with Crippen LogP contribution in [0.25, 0.3) is 0 Å². The van der Waals surface area contributed by atoms with Gasteiger partial charge in [-0.3, -0.25) is 0 Å². The molecule has 1 aromatic heterocycles. The van der Waals surface area contributed by atoms with E-state index in [2.05, 4.69) is 24.1 Å². The maximum absolute atomic E-state index is 5.60. The number of rotatable bonds is 3. The number of hydrogen-bond acceptors (Lipinski definition) is 3. The Labute approximate surface area is 110 Å². The summed E-state index contributed by atoms with van der Waals surface area (Å²) in [5.41, 5.74) is 1.53. The van der Waals surface area contributed by atoms with E-state index < -0.39 is 0 Å². The normalized spacial score (nSPS) is 23.9. The molecule has 0 bridgehead atoms. The highest BCUT2D eigenvalue weighted by Crippen LogP contribution is 2.33. The molecule has 3 heteroatoms. The molecule has 1 saturated carbocycles. The highest BCUT2D eigenvalue weighted by Gasteiger charge is 2.24. The van der Waals surface area contributed by atoms with Gasteiger partial charge in [0.1, 0.15) is 5.76 Å². The third-order valence-electron chi connectivity index (χ3n) is 4.19. The lowest BCUT2D eigenvalue weighted by atomic mass is 9.85. The SMILES string of the molecule is Cc1nc(CNC2CCCC(C)(C)CC2)oc1C. The summed E-state index contributed by atoms with van der Waals surface area (Å²) in [6.07, 6.45) is 6.54. The predicted octanol–water partition coefficient (Wildman–Crippen LogP) is 3.74. The van der Waals surface area contributed by atoms with E-state index in [1.165, 1.54) is 32.1 Å². The molecule has 102 valence electrons. The van der Waals surface area contributed by atoms with Crippen molar-refractivity contribution in [1.82, 2.24) is 10.3 Å². The van der Waals surface area contributed by atoms with Crippen molar-refractivity contribution in [3.8, 4) is 0 Å². The Hall–Kier alpha value is -0.830. The molecule has 1 aliphatic rings. The smallest absolute Gasteiger partial charge is 0.208 e. The third-order valence-corrected chi connectivity index (χ3v) is 4.19. The molecular formula is C15H26N2O. The Bertz CT molecular complexity index is 376. The monoisotopic (exact) mass is 250 g/mol. The number of aromatic nitrogens is 1. The first kappa shape index (κ1) is 13.6. The Balaban J connectivity index is 1.83. The van der Waals surface area contributed by atoms with Gasteiger partial charge in [0.05, 0.1) is 12.2 Å². The Morgan fingerprint density at radius 2 is 2.06 bits per heavy atom. The van der Waals surface area contributed by atoms with Crippen molar-refractivity contribution < 1.29 is 4.42 Å². The fourth-order valence-corrected chi connectivity index (χ4v) is 2.71. The van der Waals surface area contributed by atoms with Crippen LogP contribution < -0.4 is 5.32 Å². The molecule has 3 nitrogen and oxygen atoms in total. The van der Waals surface area contributed by atoms with E-state index in [1.54, 1.807) is 0 Å². The summed E-state index contributed by atoms with van der Waals surface area (Å²) in [5, 5.41) is 3.60. The highest BCUT2D eigenvalue weighted by molar-refractivity contribution is 5.05. The Morgan fingerprint density at radius 3 is 2.72 bits per heavy atom. The summed E-state index contributed by atoms with van der Waals surface area (Å²) in [4.78, 5) is 4.42. The fourth-order valence-electron chi connectivity index (χ4n) is 2.71. The van der Waals surface area contributed by atoms with Gasteiger partial charge in [-0.15, -0.1) is 0 Å². The minimum Gasteiger partial charge on any atom is -0.444 e. The zero-order chi connectivity index (χ0) is 13.2. The van der Waals surface area contributed by atoms with Crippen molar-refractivity contribution in [3.05, 3.63) is 17.3 Å². The minimum atomic E-state index is 0.520. The number of aryl methyl sites for hydroxylation is 2.